The molecule has 0 saturated carbocycles. The molecular weight excluding hydrogens is 160 g/mol. The fraction of sp³-hybridized carbons (Fsp3) is 0.167. The Hall–Kier alpha value is -1.50. The molecule has 13 heavy (non-hydrogen) atoms. The van der Waals surface area contributed by atoms with Crippen LogP contribution in [-0.4, -0.2) is 0 Å². The molecule has 1 heteroatoms. The van der Waals surface area contributed by atoms with Gasteiger partial charge in [0, 0.05) is 10.8 Å². The second-order valence-corrected chi connectivity index (χ2v) is 2.84. The van der Waals surface area contributed by atoms with Gasteiger partial charge in [-0.1, -0.05) is 25.3 Å². The summed E-state index contributed by atoms with van der Waals surface area (Å²) in [5.74, 6) is 0.876. The summed E-state index contributed by atoms with van der Waals surface area (Å²) in [5.41, 5.74) is 1.88. The van der Waals surface area contributed by atoms with Crippen molar-refractivity contribution in [1.29, 1.82) is 0 Å². The molecule has 0 aliphatic carbocycles. The Balaban J connectivity index is 3.45. The van der Waals surface area contributed by atoms with Gasteiger partial charge in [-0.05, 0) is 26.0 Å². The highest BCUT2D eigenvalue weighted by Gasteiger charge is 2.00. The third-order valence-corrected chi connectivity index (χ3v) is 1.93. The van der Waals surface area contributed by atoms with Gasteiger partial charge in [0.05, 0.1) is 0 Å². The normalized spacial score (nSPS) is 12.6. The van der Waals surface area contributed by atoms with E-state index in [0.717, 1.165) is 22.0 Å². The minimum atomic E-state index is 0.792. The van der Waals surface area contributed by atoms with Crippen molar-refractivity contribution in [2.24, 2.45) is 0 Å². The van der Waals surface area contributed by atoms with E-state index in [1.165, 1.54) is 0 Å². The zero-order valence-electron chi connectivity index (χ0n) is 8.13. The SMILES string of the molecule is C=C/C=c1/oc(/C=C\C)c(C)c1=C. The van der Waals surface area contributed by atoms with Crippen molar-refractivity contribution >= 4 is 18.7 Å². The van der Waals surface area contributed by atoms with Crippen molar-refractivity contribution in [3.05, 3.63) is 40.7 Å². The lowest BCUT2D eigenvalue weighted by molar-refractivity contribution is 0.520. The van der Waals surface area contributed by atoms with Crippen LogP contribution in [0.15, 0.2) is 23.1 Å². The molecule has 0 aromatic carbocycles. The molecule has 1 heterocycles. The highest BCUT2D eigenvalue weighted by atomic mass is 16.3. The van der Waals surface area contributed by atoms with E-state index in [-0.39, 0.29) is 0 Å². The van der Waals surface area contributed by atoms with Crippen LogP contribution in [-0.2, 0) is 0 Å². The van der Waals surface area contributed by atoms with Gasteiger partial charge < -0.3 is 4.42 Å². The monoisotopic (exact) mass is 174 g/mol. The number of hydrogen-bond acceptors (Lipinski definition) is 1. The van der Waals surface area contributed by atoms with Crippen LogP contribution in [0.4, 0.5) is 0 Å². The predicted molar refractivity (Wildman–Crippen MR) is 57.6 cm³/mol. The van der Waals surface area contributed by atoms with Crippen molar-refractivity contribution in [3.63, 3.8) is 0 Å². The maximum absolute atomic E-state index is 5.55. The number of hydrogen-bond donors (Lipinski definition) is 0. The second-order valence-electron chi connectivity index (χ2n) is 2.84. The zero-order valence-corrected chi connectivity index (χ0v) is 8.13. The van der Waals surface area contributed by atoms with Crippen molar-refractivity contribution < 1.29 is 4.42 Å². The average molecular weight is 174 g/mol. The van der Waals surface area contributed by atoms with Gasteiger partial charge >= 0.3 is 0 Å². The molecule has 1 aromatic rings. The van der Waals surface area contributed by atoms with Gasteiger partial charge in [-0.15, -0.1) is 0 Å². The van der Waals surface area contributed by atoms with E-state index in [1.54, 1.807) is 6.08 Å². The second kappa shape index (κ2) is 3.94. The van der Waals surface area contributed by atoms with Crippen LogP contribution < -0.4 is 10.6 Å². The minimum absolute atomic E-state index is 0.792. The van der Waals surface area contributed by atoms with Crippen LogP contribution in [0, 0.1) is 6.92 Å². The first-order valence-corrected chi connectivity index (χ1v) is 4.24. The van der Waals surface area contributed by atoms with Gasteiger partial charge in [0.2, 0.25) is 0 Å². The van der Waals surface area contributed by atoms with Gasteiger partial charge in [0.25, 0.3) is 0 Å². The van der Waals surface area contributed by atoms with Gasteiger partial charge in [-0.3, -0.25) is 0 Å². The molecule has 0 saturated heterocycles. The summed E-state index contributed by atoms with van der Waals surface area (Å²) in [7, 11) is 0. The first-order chi connectivity index (χ1) is 6.20. The van der Waals surface area contributed by atoms with Crippen molar-refractivity contribution in [3.8, 4) is 0 Å². The lowest BCUT2D eigenvalue weighted by atomic mass is 10.2. The first-order valence-electron chi connectivity index (χ1n) is 4.24. The Bertz CT molecular complexity index is 432. The van der Waals surface area contributed by atoms with E-state index in [1.807, 2.05) is 32.1 Å². The largest absolute Gasteiger partial charge is 0.456 e. The molecule has 68 valence electrons. The summed E-state index contributed by atoms with van der Waals surface area (Å²) in [6, 6.07) is 0. The molecule has 0 N–H and O–H groups in total. The quantitative estimate of drug-likeness (QED) is 0.668. The third-order valence-electron chi connectivity index (χ3n) is 1.93. The van der Waals surface area contributed by atoms with Crippen LogP contribution in [0.2, 0.25) is 0 Å². The number of allylic oxidation sites excluding steroid dienone is 2. The Morgan fingerprint density at radius 1 is 1.38 bits per heavy atom. The maximum Gasteiger partial charge on any atom is 0.134 e. The van der Waals surface area contributed by atoms with Crippen molar-refractivity contribution in [2.75, 3.05) is 0 Å². The van der Waals surface area contributed by atoms with E-state index in [2.05, 4.69) is 13.2 Å². The van der Waals surface area contributed by atoms with E-state index in [0.29, 0.717) is 0 Å². The minimum Gasteiger partial charge on any atom is -0.456 e. The van der Waals surface area contributed by atoms with Gasteiger partial charge in [-0.25, -0.2) is 0 Å². The van der Waals surface area contributed by atoms with E-state index >= 15 is 0 Å². The molecule has 1 aromatic heterocycles. The van der Waals surface area contributed by atoms with Crippen LogP contribution in [0.3, 0.4) is 0 Å². The number of furan rings is 1. The highest BCUT2D eigenvalue weighted by molar-refractivity contribution is 5.49. The molecule has 0 spiro atoms. The number of rotatable bonds is 2. The summed E-state index contributed by atoms with van der Waals surface area (Å²) in [5, 5.41) is 0.938. The van der Waals surface area contributed by atoms with E-state index < -0.39 is 0 Å². The average Bonchev–Trinajstić information content (AvgIpc) is 2.36. The van der Waals surface area contributed by atoms with Crippen LogP contribution >= 0.6 is 0 Å². The summed E-state index contributed by atoms with van der Waals surface area (Å²) in [6.45, 7) is 11.5. The standard InChI is InChI=1S/C12H14O/c1-5-7-11-9(3)10(4)12(13-11)8-6-2/h5-8H,1,3H2,2,4H3/b8-6-,11-7+. The highest BCUT2D eigenvalue weighted by Crippen LogP contribution is 2.02. The molecule has 0 aliphatic rings. The zero-order chi connectivity index (χ0) is 9.84. The Morgan fingerprint density at radius 2 is 2.08 bits per heavy atom. The molecule has 1 nitrogen and oxygen atoms in total. The lowest BCUT2D eigenvalue weighted by Gasteiger charge is -1.84. The fourth-order valence-corrected chi connectivity index (χ4v) is 1.14. The molecule has 0 amide bonds. The molecule has 0 radical (unpaired) electrons. The third kappa shape index (κ3) is 1.81. The summed E-state index contributed by atoms with van der Waals surface area (Å²) in [6.07, 6.45) is 7.40. The Morgan fingerprint density at radius 3 is 2.62 bits per heavy atom. The smallest absolute Gasteiger partial charge is 0.134 e. The van der Waals surface area contributed by atoms with E-state index in [4.69, 9.17) is 4.42 Å². The summed E-state index contributed by atoms with van der Waals surface area (Å²) in [4.78, 5) is 0. The van der Waals surface area contributed by atoms with Gasteiger partial charge in [-0.2, -0.15) is 0 Å². The van der Waals surface area contributed by atoms with Crippen LogP contribution in [0.25, 0.3) is 18.7 Å². The first kappa shape index (κ1) is 9.59. The molecule has 1 rings (SSSR count). The molecule has 0 fully saturated rings. The molecule has 0 aliphatic heterocycles. The molecular formula is C12H14O. The van der Waals surface area contributed by atoms with Crippen molar-refractivity contribution in [1.82, 2.24) is 0 Å². The summed E-state index contributed by atoms with van der Waals surface area (Å²) < 4.78 is 5.55. The van der Waals surface area contributed by atoms with Gasteiger partial charge in [0.1, 0.15) is 11.2 Å². The molecule has 0 atom stereocenters. The summed E-state index contributed by atoms with van der Waals surface area (Å²) >= 11 is 0. The van der Waals surface area contributed by atoms with Crippen molar-refractivity contribution in [2.45, 2.75) is 13.8 Å². The fourth-order valence-electron chi connectivity index (χ4n) is 1.14. The van der Waals surface area contributed by atoms with Gasteiger partial charge in [0.15, 0.2) is 0 Å². The Kier molecular flexibility index (Phi) is 2.91. The Labute approximate surface area is 78.4 Å². The van der Waals surface area contributed by atoms with E-state index in [9.17, 15) is 0 Å². The molecule has 0 bridgehead atoms. The van der Waals surface area contributed by atoms with Crippen LogP contribution in [0.5, 0.6) is 0 Å². The maximum atomic E-state index is 5.55. The topological polar surface area (TPSA) is 13.1 Å². The molecule has 0 unspecified atom stereocenters. The van der Waals surface area contributed by atoms with Crippen LogP contribution in [0.1, 0.15) is 18.2 Å². The lowest BCUT2D eigenvalue weighted by Crippen LogP contribution is -2.18. The predicted octanol–water partition coefficient (Wildman–Crippen LogP) is 2.00.